The van der Waals surface area contributed by atoms with Crippen molar-refractivity contribution in [3.8, 4) is 0 Å². The molecule has 0 bridgehead atoms. The van der Waals surface area contributed by atoms with Crippen LogP contribution in [0.15, 0.2) is 3.34 Å². The van der Waals surface area contributed by atoms with Crippen LogP contribution < -0.4 is 0 Å². The minimum Gasteiger partial charge on any atom is -0.668 e. The first kappa shape index (κ1) is 27.7. The Balaban J connectivity index is 0. The van der Waals surface area contributed by atoms with Crippen LogP contribution in [-0.4, -0.2) is 20.1 Å². The van der Waals surface area contributed by atoms with Crippen LogP contribution in [-0.2, 0) is 20.9 Å². The van der Waals surface area contributed by atoms with Gasteiger partial charge in [-0.3, -0.25) is 0 Å². The topological polar surface area (TPSA) is 26.5 Å². The van der Waals surface area contributed by atoms with E-state index in [1.54, 1.807) is 14.1 Å². The molecule has 0 aromatic carbocycles. The molecule has 0 saturated heterocycles. The maximum Gasteiger partial charge on any atom is -0.0435 e. The summed E-state index contributed by atoms with van der Waals surface area (Å²) in [5.41, 5.74) is 0. The Morgan fingerprint density at radius 3 is 1.40 bits per heavy atom. The van der Waals surface area contributed by atoms with Crippen LogP contribution in [0.2, 0.25) is 0 Å². The van der Waals surface area contributed by atoms with Crippen molar-refractivity contribution in [3.05, 3.63) is 18.2 Å². The van der Waals surface area contributed by atoms with Gasteiger partial charge in [-0.05, 0) is 5.92 Å². The molecular formula is C22H45N2Nb-3. The Bertz CT molecular complexity index is 264. The molecule has 0 aromatic rings. The first-order valence-corrected chi connectivity index (χ1v) is 11.2. The van der Waals surface area contributed by atoms with Gasteiger partial charge in [0.25, 0.3) is 0 Å². The molecule has 0 aromatic heterocycles. The van der Waals surface area contributed by atoms with Crippen LogP contribution >= 0.6 is 0 Å². The zero-order chi connectivity index (χ0) is 19.8. The molecule has 0 spiro atoms. The molecular weight excluding hydrogens is 385 g/mol. The van der Waals surface area contributed by atoms with Gasteiger partial charge in [0.05, 0.1) is 0 Å². The minimum absolute atomic E-state index is 0.531. The van der Waals surface area contributed by atoms with E-state index in [0.717, 1.165) is 29.6 Å². The summed E-state index contributed by atoms with van der Waals surface area (Å²) in [4.78, 5) is 0. The minimum atomic E-state index is 0.531. The van der Waals surface area contributed by atoms with Gasteiger partial charge in [-0.15, -0.1) is 0 Å². The fraction of sp³-hybridized carbons (Fsp3) is 0.909. The smallest absolute Gasteiger partial charge is 0.0435 e. The van der Waals surface area contributed by atoms with Gasteiger partial charge in [0.15, 0.2) is 0 Å². The van der Waals surface area contributed by atoms with Crippen molar-refractivity contribution in [2.75, 3.05) is 14.1 Å². The molecule has 25 heavy (non-hydrogen) atoms. The number of nitrogens with zero attached hydrogens (tertiary/aromatic N) is 2. The predicted molar refractivity (Wildman–Crippen MR) is 110 cm³/mol. The second-order valence-electron chi connectivity index (χ2n) is 8.07. The second-order valence-corrected chi connectivity index (χ2v) is 8.64. The van der Waals surface area contributed by atoms with Gasteiger partial charge in [0.2, 0.25) is 0 Å². The Labute approximate surface area is 172 Å². The van der Waals surface area contributed by atoms with Crippen molar-refractivity contribution >= 4 is 0 Å². The fourth-order valence-corrected chi connectivity index (χ4v) is 3.16. The largest absolute Gasteiger partial charge is 0.668 e. The maximum absolute atomic E-state index is 3.94. The molecule has 3 heteroatoms. The van der Waals surface area contributed by atoms with Crippen molar-refractivity contribution in [3.63, 3.8) is 0 Å². The molecule has 0 aliphatic heterocycles. The van der Waals surface area contributed by atoms with Crippen LogP contribution in [0, 0.1) is 42.4 Å². The molecule has 2 aliphatic carbocycles. The molecule has 2 aliphatic rings. The van der Waals surface area contributed by atoms with Gasteiger partial charge in [-0.25, -0.2) is 0 Å². The second kappa shape index (κ2) is 17.9. The third kappa shape index (κ3) is 15.3. The molecule has 4 atom stereocenters. The van der Waals surface area contributed by atoms with Crippen molar-refractivity contribution in [2.24, 2.45) is 32.9 Å². The number of hydrogen-bond acceptors (Lipinski definition) is 1. The summed E-state index contributed by atoms with van der Waals surface area (Å²) in [6, 6.07) is 0.531. The van der Waals surface area contributed by atoms with Gasteiger partial charge in [0, 0.05) is 0 Å². The number of hydrogen-bond donors (Lipinski definition) is 0. The summed E-state index contributed by atoms with van der Waals surface area (Å²) in [5, 5.41) is 3.50. The van der Waals surface area contributed by atoms with Gasteiger partial charge in [-0.1, -0.05) is 65.7 Å². The first-order chi connectivity index (χ1) is 11.7. The van der Waals surface area contributed by atoms with Crippen LogP contribution in [0.5, 0.6) is 0 Å². The van der Waals surface area contributed by atoms with E-state index < -0.39 is 0 Å². The summed E-state index contributed by atoms with van der Waals surface area (Å²) < 4.78 is 3.94. The average Bonchev–Trinajstić information content (AvgIpc) is 2.61. The summed E-state index contributed by atoms with van der Waals surface area (Å²) >= 11 is 1.53. The summed E-state index contributed by atoms with van der Waals surface area (Å²) in [6.45, 7) is 16.0. The van der Waals surface area contributed by atoms with Crippen molar-refractivity contribution in [1.82, 2.24) is 0 Å². The van der Waals surface area contributed by atoms with E-state index in [4.69, 9.17) is 0 Å². The quantitative estimate of drug-likeness (QED) is 0.309. The molecule has 0 radical (unpaired) electrons. The van der Waals surface area contributed by atoms with Crippen LogP contribution in [0.3, 0.4) is 0 Å². The average molecular weight is 431 g/mol. The van der Waals surface area contributed by atoms with E-state index in [-0.39, 0.29) is 0 Å². The van der Waals surface area contributed by atoms with Gasteiger partial charge >= 0.3 is 44.1 Å². The van der Waals surface area contributed by atoms with Gasteiger partial charge in [0.1, 0.15) is 0 Å². The van der Waals surface area contributed by atoms with Crippen LogP contribution in [0.25, 0.3) is 5.32 Å². The molecule has 2 fully saturated rings. The standard InChI is InChI=1S/C11H21.C6H11.C3H7N.C2H6N.Nb/c1-7-6-8(2)10(4)11(5)9(7)3;1-2-4-6-5-3-1;1-3(2)4;1-3-2;/h6-11H,1-5H3;1H,2-6H2;3H,1-2H3;1-2H3;/q2*-1;;-1;. The Morgan fingerprint density at radius 2 is 1.20 bits per heavy atom. The summed E-state index contributed by atoms with van der Waals surface area (Å²) in [5.74, 6) is 4.28. The van der Waals surface area contributed by atoms with Crippen molar-refractivity contribution < 1.29 is 20.9 Å². The Hall–Kier alpha value is 0.500. The summed E-state index contributed by atoms with van der Waals surface area (Å²) in [7, 11) is 3.50. The van der Waals surface area contributed by atoms with E-state index >= 15 is 0 Å². The Kier molecular flexibility index (Phi) is 19.8. The van der Waals surface area contributed by atoms with E-state index in [9.17, 15) is 0 Å². The van der Waals surface area contributed by atoms with Crippen LogP contribution in [0.4, 0.5) is 0 Å². The summed E-state index contributed by atoms with van der Waals surface area (Å²) in [6.07, 6.45) is 12.0. The van der Waals surface area contributed by atoms with E-state index in [2.05, 4.69) is 70.0 Å². The molecule has 2 saturated carbocycles. The first-order valence-electron chi connectivity index (χ1n) is 10.2. The SMILES string of the molecule is CC(C)[N]=[Nb].CC1[CH-]C(C)C(C)C(C)C1C.C[N-]C.[CH-]1CCCCC1. The third-order valence-electron chi connectivity index (χ3n) is 5.47. The van der Waals surface area contributed by atoms with Crippen LogP contribution in [0.1, 0.15) is 80.6 Å². The zero-order valence-electron chi connectivity index (χ0n) is 18.5. The molecule has 4 unspecified atom stereocenters. The third-order valence-corrected chi connectivity index (χ3v) is 6.61. The molecule has 0 heterocycles. The molecule has 0 amide bonds. The Morgan fingerprint density at radius 1 is 0.840 bits per heavy atom. The molecule has 2 nitrogen and oxygen atoms in total. The van der Waals surface area contributed by atoms with E-state index in [1.807, 2.05) is 0 Å². The fourth-order valence-electron chi connectivity index (χ4n) is 3.16. The van der Waals surface area contributed by atoms with Crippen molar-refractivity contribution in [2.45, 2.75) is 86.6 Å². The van der Waals surface area contributed by atoms with Crippen molar-refractivity contribution in [1.29, 1.82) is 0 Å². The van der Waals surface area contributed by atoms with E-state index in [1.165, 1.54) is 53.0 Å². The normalized spacial score (nSPS) is 31.3. The molecule has 0 N–H and O–H groups in total. The molecule has 151 valence electrons. The van der Waals surface area contributed by atoms with E-state index in [0.29, 0.717) is 6.04 Å². The number of rotatable bonds is 1. The zero-order valence-corrected chi connectivity index (χ0v) is 20.7. The maximum atomic E-state index is 3.94. The molecule has 2 rings (SSSR count). The van der Waals surface area contributed by atoms with Gasteiger partial charge < -0.3 is 18.2 Å². The monoisotopic (exact) mass is 430 g/mol. The predicted octanol–water partition coefficient (Wildman–Crippen LogP) is 7.28. The van der Waals surface area contributed by atoms with Gasteiger partial charge in [-0.2, -0.15) is 38.8 Å².